The van der Waals surface area contributed by atoms with Crippen LogP contribution in [0.1, 0.15) is 18.6 Å². The van der Waals surface area contributed by atoms with Gasteiger partial charge in [0.15, 0.2) is 0 Å². The van der Waals surface area contributed by atoms with Crippen molar-refractivity contribution in [2.24, 2.45) is 0 Å². The van der Waals surface area contributed by atoms with Gasteiger partial charge in [0.1, 0.15) is 0 Å². The molecule has 2 amide bonds. The van der Waals surface area contributed by atoms with Crippen molar-refractivity contribution in [3.05, 3.63) is 84.4 Å². The number of hydrogen-bond acceptors (Lipinski definition) is 3. The van der Waals surface area contributed by atoms with Crippen LogP contribution in [0.15, 0.2) is 88.7 Å². The highest BCUT2D eigenvalue weighted by Gasteiger charge is 2.33. The van der Waals surface area contributed by atoms with E-state index in [1.54, 1.807) is 28.6 Å². The fourth-order valence-electron chi connectivity index (χ4n) is 3.38. The van der Waals surface area contributed by atoms with Crippen LogP contribution in [-0.2, 0) is 0 Å². The molecule has 28 heavy (non-hydrogen) atoms. The minimum Gasteiger partial charge on any atom is -0.386 e. The molecule has 3 aromatic carbocycles. The van der Waals surface area contributed by atoms with Crippen molar-refractivity contribution in [1.29, 1.82) is 0 Å². The molecule has 0 aliphatic carbocycles. The van der Waals surface area contributed by atoms with Crippen molar-refractivity contribution >= 4 is 29.2 Å². The molecule has 1 N–H and O–H groups in total. The van der Waals surface area contributed by atoms with Crippen LogP contribution in [0.3, 0.4) is 0 Å². The second-order valence-corrected chi connectivity index (χ2v) is 7.95. The van der Waals surface area contributed by atoms with Crippen molar-refractivity contribution in [2.45, 2.75) is 28.9 Å². The summed E-state index contributed by atoms with van der Waals surface area (Å²) in [5.41, 5.74) is 2.53. The van der Waals surface area contributed by atoms with Crippen molar-refractivity contribution in [2.75, 3.05) is 11.9 Å². The minimum absolute atomic E-state index is 0.164. The van der Waals surface area contributed by atoms with Gasteiger partial charge in [0.05, 0.1) is 23.5 Å². The highest BCUT2D eigenvalue weighted by molar-refractivity contribution is 7.99. The highest BCUT2D eigenvalue weighted by atomic mass is 32.2. The van der Waals surface area contributed by atoms with Crippen LogP contribution in [0.4, 0.5) is 16.2 Å². The average molecular weight is 391 g/mol. The van der Waals surface area contributed by atoms with E-state index in [0.717, 1.165) is 26.7 Å². The van der Waals surface area contributed by atoms with Crippen LogP contribution >= 0.6 is 11.8 Å². The summed E-state index contributed by atoms with van der Waals surface area (Å²) in [4.78, 5) is 19.0. The van der Waals surface area contributed by atoms with Crippen molar-refractivity contribution < 1.29 is 9.90 Å². The van der Waals surface area contributed by atoms with Gasteiger partial charge in [-0.05, 0) is 36.8 Å². The van der Waals surface area contributed by atoms with Gasteiger partial charge in [-0.1, -0.05) is 66.4 Å². The molecule has 0 saturated heterocycles. The third-order valence-electron chi connectivity index (χ3n) is 5.13. The molecular formula is C23H22N2O2S. The monoisotopic (exact) mass is 390 g/mol. The van der Waals surface area contributed by atoms with Gasteiger partial charge in [0, 0.05) is 16.8 Å². The molecular weight excluding hydrogens is 368 g/mol. The van der Waals surface area contributed by atoms with E-state index in [2.05, 4.69) is 0 Å². The molecule has 1 aliphatic heterocycles. The van der Waals surface area contributed by atoms with Crippen LogP contribution in [-0.4, -0.2) is 29.1 Å². The minimum atomic E-state index is -0.764. The predicted octanol–water partition coefficient (Wildman–Crippen LogP) is 5.46. The number of carbonyl (C=O) groups is 1. The lowest BCUT2D eigenvalue weighted by Gasteiger charge is -2.37. The quantitative estimate of drug-likeness (QED) is 0.645. The second kappa shape index (κ2) is 7.70. The summed E-state index contributed by atoms with van der Waals surface area (Å²) in [6.45, 7) is 1.87. The lowest BCUT2D eigenvalue weighted by atomic mass is 10.0. The van der Waals surface area contributed by atoms with Gasteiger partial charge >= 0.3 is 6.03 Å². The Hall–Kier alpha value is -2.76. The van der Waals surface area contributed by atoms with Gasteiger partial charge in [-0.3, -0.25) is 4.90 Å². The maximum absolute atomic E-state index is 13.5. The van der Waals surface area contributed by atoms with Crippen molar-refractivity contribution in [1.82, 2.24) is 4.90 Å². The van der Waals surface area contributed by atoms with Crippen LogP contribution < -0.4 is 4.90 Å². The predicted molar refractivity (Wildman–Crippen MR) is 113 cm³/mol. The Morgan fingerprint density at radius 1 is 0.893 bits per heavy atom. The number of benzene rings is 3. The van der Waals surface area contributed by atoms with Gasteiger partial charge < -0.3 is 10.0 Å². The van der Waals surface area contributed by atoms with Gasteiger partial charge in [-0.15, -0.1) is 0 Å². The van der Waals surface area contributed by atoms with Gasteiger partial charge in [0.2, 0.25) is 0 Å². The molecule has 142 valence electrons. The fourth-order valence-corrected chi connectivity index (χ4v) is 4.44. The lowest BCUT2D eigenvalue weighted by Crippen LogP contribution is -2.46. The molecule has 0 aromatic heterocycles. The first kappa shape index (κ1) is 18.6. The lowest BCUT2D eigenvalue weighted by molar-refractivity contribution is 0.0881. The molecule has 0 saturated carbocycles. The molecule has 4 nitrogen and oxygen atoms in total. The largest absolute Gasteiger partial charge is 0.386 e. The first-order chi connectivity index (χ1) is 13.6. The van der Waals surface area contributed by atoms with Crippen LogP contribution in [0, 0.1) is 0 Å². The number of likely N-dealkylation sites (N-methyl/N-ethyl adjacent to an activating group) is 1. The number of fused-ring (bicyclic) bond motifs is 2. The van der Waals surface area contributed by atoms with E-state index in [9.17, 15) is 9.90 Å². The standard InChI is InChI=1S/C23H22N2O2S/c1-16(22(26)17-10-4-3-5-11-17)24(2)23(27)25-18-12-6-8-14-20(18)28-21-15-9-7-13-19(21)25/h3-16,22,26H,1-2H3. The van der Waals surface area contributed by atoms with E-state index in [0.29, 0.717) is 0 Å². The number of nitrogens with zero attached hydrogens (tertiary/aromatic N) is 2. The Kier molecular flexibility index (Phi) is 5.11. The summed E-state index contributed by atoms with van der Waals surface area (Å²) >= 11 is 1.67. The van der Waals surface area contributed by atoms with Crippen LogP contribution in [0.2, 0.25) is 0 Å². The number of aliphatic hydroxyl groups excluding tert-OH is 1. The first-order valence-corrected chi connectivity index (χ1v) is 10.1. The third kappa shape index (κ3) is 3.28. The third-order valence-corrected chi connectivity index (χ3v) is 6.26. The Balaban J connectivity index is 1.68. The van der Waals surface area contributed by atoms with Gasteiger partial charge in [0.25, 0.3) is 0 Å². The number of rotatable bonds is 3. The zero-order chi connectivity index (χ0) is 19.7. The van der Waals surface area contributed by atoms with Crippen molar-refractivity contribution in [3.63, 3.8) is 0 Å². The average Bonchev–Trinajstić information content (AvgIpc) is 2.76. The molecule has 1 heterocycles. The molecule has 0 bridgehead atoms. The molecule has 0 radical (unpaired) electrons. The zero-order valence-corrected chi connectivity index (χ0v) is 16.6. The van der Waals surface area contributed by atoms with E-state index >= 15 is 0 Å². The summed E-state index contributed by atoms with van der Waals surface area (Å²) in [7, 11) is 1.74. The number of para-hydroxylation sites is 2. The van der Waals surface area contributed by atoms with Crippen molar-refractivity contribution in [3.8, 4) is 0 Å². The summed E-state index contributed by atoms with van der Waals surface area (Å²) < 4.78 is 0. The number of urea groups is 1. The number of hydrogen-bond donors (Lipinski definition) is 1. The molecule has 0 spiro atoms. The number of anilines is 2. The van der Waals surface area contributed by atoms with E-state index < -0.39 is 6.10 Å². The zero-order valence-electron chi connectivity index (χ0n) is 15.8. The fraction of sp³-hybridized carbons (Fsp3) is 0.174. The van der Waals surface area contributed by atoms with Crippen LogP contribution in [0.25, 0.3) is 0 Å². The summed E-state index contributed by atoms with van der Waals surface area (Å²) in [6, 6.07) is 24.7. The molecule has 1 aliphatic rings. The van der Waals surface area contributed by atoms with E-state index in [1.807, 2.05) is 85.8 Å². The maximum Gasteiger partial charge on any atom is 0.329 e. The second-order valence-electron chi connectivity index (χ2n) is 6.86. The molecule has 3 aromatic rings. The molecule has 2 atom stereocenters. The number of carbonyl (C=O) groups excluding carboxylic acids is 1. The summed E-state index contributed by atoms with van der Waals surface area (Å²) in [6.07, 6.45) is -0.764. The number of aliphatic hydroxyl groups is 1. The smallest absolute Gasteiger partial charge is 0.329 e. The topological polar surface area (TPSA) is 43.8 Å². The van der Waals surface area contributed by atoms with E-state index in [-0.39, 0.29) is 12.1 Å². The van der Waals surface area contributed by atoms with Crippen LogP contribution in [0.5, 0.6) is 0 Å². The Morgan fingerprint density at radius 2 is 1.39 bits per heavy atom. The molecule has 5 heteroatoms. The normalized spacial score (nSPS) is 14.6. The van der Waals surface area contributed by atoms with Gasteiger partial charge in [-0.2, -0.15) is 0 Å². The Bertz CT molecular complexity index is 947. The SMILES string of the molecule is CC(C(O)c1ccccc1)N(C)C(=O)N1c2ccccc2Sc2ccccc21. The summed E-state index contributed by atoms with van der Waals surface area (Å²) in [5, 5.41) is 10.8. The van der Waals surface area contributed by atoms with E-state index in [4.69, 9.17) is 0 Å². The maximum atomic E-state index is 13.5. The molecule has 0 fully saturated rings. The Labute approximate surface area is 169 Å². The Morgan fingerprint density at radius 3 is 1.96 bits per heavy atom. The molecule has 2 unspecified atom stereocenters. The molecule has 4 rings (SSSR count). The summed E-state index contributed by atoms with van der Waals surface area (Å²) in [5.74, 6) is 0. The first-order valence-electron chi connectivity index (χ1n) is 9.24. The number of amides is 2. The van der Waals surface area contributed by atoms with Gasteiger partial charge in [-0.25, -0.2) is 4.79 Å². The highest BCUT2D eigenvalue weighted by Crippen LogP contribution is 2.48. The van der Waals surface area contributed by atoms with E-state index in [1.165, 1.54) is 0 Å².